The molecule has 0 fully saturated rings. The minimum Gasteiger partial charge on any atom is -0.383 e. The summed E-state index contributed by atoms with van der Waals surface area (Å²) in [7, 11) is 0. The Morgan fingerprint density at radius 1 is 1.24 bits per heavy atom. The molecule has 3 N–H and O–H groups in total. The van der Waals surface area contributed by atoms with Crippen molar-refractivity contribution in [2.24, 2.45) is 0 Å². The summed E-state index contributed by atoms with van der Waals surface area (Å²) < 4.78 is -1.03. The minimum atomic E-state index is -1.03. The van der Waals surface area contributed by atoms with E-state index in [4.69, 9.17) is 28.9 Å². The molecule has 0 aliphatic heterocycles. The Balaban J connectivity index is 2.44. The van der Waals surface area contributed by atoms with Crippen LogP contribution in [-0.4, -0.2) is 15.6 Å². The number of nitrogens with zero attached hydrogens (tertiary/aromatic N) is 3. The van der Waals surface area contributed by atoms with Gasteiger partial charge in [0.1, 0.15) is 23.0 Å². The lowest BCUT2D eigenvalue weighted by Crippen LogP contribution is -2.34. The highest BCUT2D eigenvalue weighted by atomic mass is 35.5. The van der Waals surface area contributed by atoms with Gasteiger partial charge in [-0.3, -0.25) is 4.79 Å². The van der Waals surface area contributed by atoms with Gasteiger partial charge in [0, 0.05) is 0 Å². The predicted molar refractivity (Wildman–Crippen MR) is 117 cm³/mol. The molecule has 2 rings (SSSR count). The number of benzene rings is 1. The molecule has 1 aromatic carbocycles. The van der Waals surface area contributed by atoms with Crippen LogP contribution >= 0.6 is 35.0 Å². The lowest BCUT2D eigenvalue weighted by molar-refractivity contribution is -0.117. The summed E-state index contributed by atoms with van der Waals surface area (Å²) in [5, 5.41) is 22.7. The molecule has 0 radical (unpaired) electrons. The van der Waals surface area contributed by atoms with E-state index in [0.29, 0.717) is 21.3 Å². The van der Waals surface area contributed by atoms with Crippen molar-refractivity contribution in [2.75, 3.05) is 11.1 Å². The highest BCUT2D eigenvalue weighted by Gasteiger charge is 2.33. The average molecular weight is 448 g/mol. The van der Waals surface area contributed by atoms with E-state index in [1.165, 1.54) is 0 Å². The monoisotopic (exact) mass is 447 g/mol. The highest BCUT2D eigenvalue weighted by molar-refractivity contribution is 8.01. The molecule has 2 aromatic rings. The van der Waals surface area contributed by atoms with Gasteiger partial charge in [-0.15, -0.1) is 0 Å². The van der Waals surface area contributed by atoms with Crippen molar-refractivity contribution in [1.82, 2.24) is 4.98 Å². The first kappa shape index (κ1) is 22.8. The fourth-order valence-corrected chi connectivity index (χ4v) is 4.01. The third-order valence-corrected chi connectivity index (χ3v) is 6.13. The maximum atomic E-state index is 12.9. The van der Waals surface area contributed by atoms with E-state index in [2.05, 4.69) is 16.4 Å². The molecule has 0 spiro atoms. The zero-order chi connectivity index (χ0) is 21.9. The van der Waals surface area contributed by atoms with Crippen LogP contribution in [0.1, 0.15) is 50.3 Å². The number of pyridine rings is 1. The van der Waals surface area contributed by atoms with Gasteiger partial charge >= 0.3 is 0 Å². The zero-order valence-corrected chi connectivity index (χ0v) is 18.6. The number of thioether (sulfide) groups is 1. The lowest BCUT2D eigenvalue weighted by atomic mass is 9.94. The molecule has 6 nitrogen and oxygen atoms in total. The van der Waals surface area contributed by atoms with E-state index in [9.17, 15) is 15.3 Å². The molecule has 0 bridgehead atoms. The van der Waals surface area contributed by atoms with Crippen molar-refractivity contribution in [3.8, 4) is 12.1 Å². The van der Waals surface area contributed by atoms with Crippen LogP contribution in [0.2, 0.25) is 10.0 Å². The van der Waals surface area contributed by atoms with Crippen LogP contribution in [-0.2, 0) is 4.79 Å². The number of nitriles is 2. The van der Waals surface area contributed by atoms with Crippen molar-refractivity contribution < 1.29 is 4.79 Å². The summed E-state index contributed by atoms with van der Waals surface area (Å²) in [6.45, 7) is 7.11. The van der Waals surface area contributed by atoms with E-state index < -0.39 is 4.75 Å². The Labute approximate surface area is 184 Å². The third-order valence-electron chi connectivity index (χ3n) is 4.13. The topological polar surface area (TPSA) is 116 Å². The Morgan fingerprint density at radius 3 is 2.41 bits per heavy atom. The molecule has 0 atom stereocenters. The van der Waals surface area contributed by atoms with E-state index in [1.54, 1.807) is 32.0 Å². The Hall–Kier alpha value is -2.45. The number of nitrogen functional groups attached to an aromatic ring is 1. The second-order valence-electron chi connectivity index (χ2n) is 7.01. The third kappa shape index (κ3) is 4.76. The van der Waals surface area contributed by atoms with Crippen LogP contribution in [0.15, 0.2) is 23.2 Å². The summed E-state index contributed by atoms with van der Waals surface area (Å²) in [4.78, 5) is 17.1. The van der Waals surface area contributed by atoms with Crippen molar-refractivity contribution >= 4 is 52.4 Å². The van der Waals surface area contributed by atoms with Crippen molar-refractivity contribution in [3.63, 3.8) is 0 Å². The summed E-state index contributed by atoms with van der Waals surface area (Å²) in [6.07, 6.45) is 0. The lowest BCUT2D eigenvalue weighted by Gasteiger charge is -2.24. The number of hydrogen-bond donors (Lipinski definition) is 2. The van der Waals surface area contributed by atoms with Gasteiger partial charge in [0.25, 0.3) is 0 Å². The Morgan fingerprint density at radius 2 is 1.86 bits per heavy atom. The van der Waals surface area contributed by atoms with Crippen molar-refractivity contribution in [3.05, 3.63) is 44.9 Å². The van der Waals surface area contributed by atoms with Gasteiger partial charge in [0.2, 0.25) is 5.91 Å². The first-order valence-electron chi connectivity index (χ1n) is 8.61. The standard InChI is InChI=1S/C20H19Cl2N5OS/c1-10(2)15-11(8-23)17(25)27-18(12(15)9-24)29-20(3,4)19(28)26-14-7-5-6-13(21)16(14)22/h5-7,10H,1-4H3,(H2,25,27)(H,26,28). The number of amides is 1. The summed E-state index contributed by atoms with van der Waals surface area (Å²) in [6, 6.07) is 9.08. The van der Waals surface area contributed by atoms with E-state index in [-0.39, 0.29) is 33.8 Å². The largest absolute Gasteiger partial charge is 0.383 e. The van der Waals surface area contributed by atoms with Crippen LogP contribution in [0.4, 0.5) is 11.5 Å². The molecule has 29 heavy (non-hydrogen) atoms. The van der Waals surface area contributed by atoms with Gasteiger partial charge in [0.05, 0.1) is 31.6 Å². The van der Waals surface area contributed by atoms with Gasteiger partial charge in [-0.2, -0.15) is 10.5 Å². The molecule has 0 unspecified atom stereocenters. The minimum absolute atomic E-state index is 0.0341. The fraction of sp³-hybridized carbons (Fsp3) is 0.300. The molecular weight excluding hydrogens is 429 g/mol. The number of carbonyl (C=O) groups excluding carboxylic acids is 1. The van der Waals surface area contributed by atoms with E-state index >= 15 is 0 Å². The molecular formula is C20H19Cl2N5OS. The first-order valence-corrected chi connectivity index (χ1v) is 10.2. The number of nitrogens with two attached hydrogens (primary N) is 1. The Bertz CT molecular complexity index is 1050. The molecule has 0 saturated heterocycles. The van der Waals surface area contributed by atoms with E-state index in [1.807, 2.05) is 19.9 Å². The molecule has 1 amide bonds. The number of hydrogen-bond acceptors (Lipinski definition) is 6. The number of aromatic nitrogens is 1. The van der Waals surface area contributed by atoms with Crippen LogP contribution < -0.4 is 11.1 Å². The summed E-state index contributed by atoms with van der Waals surface area (Å²) in [5.41, 5.74) is 7.31. The second-order valence-corrected chi connectivity index (χ2v) is 9.41. The van der Waals surface area contributed by atoms with Crippen LogP contribution in [0, 0.1) is 22.7 Å². The quantitative estimate of drug-likeness (QED) is 0.596. The van der Waals surface area contributed by atoms with Crippen molar-refractivity contribution in [1.29, 1.82) is 10.5 Å². The highest BCUT2D eigenvalue weighted by Crippen LogP contribution is 2.39. The van der Waals surface area contributed by atoms with Gasteiger partial charge in [-0.05, 0) is 37.5 Å². The first-order chi connectivity index (χ1) is 13.5. The van der Waals surface area contributed by atoms with Gasteiger partial charge in [-0.25, -0.2) is 4.98 Å². The van der Waals surface area contributed by atoms with E-state index in [0.717, 1.165) is 11.8 Å². The summed E-state index contributed by atoms with van der Waals surface area (Å²) >= 11 is 13.2. The molecule has 1 aromatic heterocycles. The van der Waals surface area contributed by atoms with Crippen LogP contribution in [0.3, 0.4) is 0 Å². The maximum Gasteiger partial charge on any atom is 0.240 e. The summed E-state index contributed by atoms with van der Waals surface area (Å²) in [5.74, 6) is -0.440. The predicted octanol–water partition coefficient (Wildman–Crippen LogP) is 5.35. The molecule has 0 aliphatic rings. The van der Waals surface area contributed by atoms with Gasteiger partial charge < -0.3 is 11.1 Å². The normalized spacial score (nSPS) is 11.1. The van der Waals surface area contributed by atoms with Crippen molar-refractivity contribution in [2.45, 2.75) is 43.4 Å². The smallest absolute Gasteiger partial charge is 0.240 e. The fourth-order valence-electron chi connectivity index (χ4n) is 2.64. The molecule has 150 valence electrons. The molecule has 9 heteroatoms. The number of carbonyl (C=O) groups is 1. The number of halogens is 2. The SMILES string of the molecule is CC(C)c1c(C#N)c(N)nc(SC(C)(C)C(=O)Nc2cccc(Cl)c2Cl)c1C#N. The average Bonchev–Trinajstić information content (AvgIpc) is 2.64. The zero-order valence-electron chi connectivity index (χ0n) is 16.3. The number of rotatable bonds is 5. The van der Waals surface area contributed by atoms with Gasteiger partial charge in [-0.1, -0.05) is 54.9 Å². The van der Waals surface area contributed by atoms with Gasteiger partial charge in [0.15, 0.2) is 0 Å². The number of anilines is 2. The van der Waals surface area contributed by atoms with Crippen LogP contribution in [0.5, 0.6) is 0 Å². The van der Waals surface area contributed by atoms with Crippen LogP contribution in [0.25, 0.3) is 0 Å². The second kappa shape index (κ2) is 8.92. The molecule has 1 heterocycles. The maximum absolute atomic E-state index is 12.9. The number of nitrogens with one attached hydrogen (secondary N) is 1. The Kier molecular flexibility index (Phi) is 7.02. The molecule has 0 saturated carbocycles. The molecule has 0 aliphatic carbocycles.